The zero-order chi connectivity index (χ0) is 12.6. The fraction of sp³-hybridized carbons (Fsp3) is 0.167. The molecule has 1 atom stereocenters. The number of rotatable bonds is 2. The lowest BCUT2D eigenvalue weighted by molar-refractivity contribution is 0.613. The lowest BCUT2D eigenvalue weighted by Crippen LogP contribution is -1.94. The topological polar surface area (TPSA) is 0 Å². The second-order valence-corrected chi connectivity index (χ2v) is 6.19. The Morgan fingerprint density at radius 3 is 2.53 bits per heavy atom. The van der Waals surface area contributed by atoms with Gasteiger partial charge in [0, 0.05) is 15.5 Å². The van der Waals surface area contributed by atoms with Crippen molar-refractivity contribution in [3.63, 3.8) is 0 Å². The molecule has 0 saturated heterocycles. The van der Waals surface area contributed by atoms with Crippen LogP contribution in [0, 0.1) is 12.7 Å². The zero-order valence-electron chi connectivity index (χ0n) is 8.81. The quantitative estimate of drug-likeness (QED) is 0.612. The van der Waals surface area contributed by atoms with Gasteiger partial charge in [-0.15, -0.1) is 22.9 Å². The van der Waals surface area contributed by atoms with Crippen LogP contribution in [0.5, 0.6) is 0 Å². The summed E-state index contributed by atoms with van der Waals surface area (Å²) in [5.41, 5.74) is 1.32. The highest BCUT2D eigenvalue weighted by molar-refractivity contribution is 7.16. The summed E-state index contributed by atoms with van der Waals surface area (Å²) in [4.78, 5) is 0.815. The lowest BCUT2D eigenvalue weighted by Gasteiger charge is -2.09. The molecule has 1 unspecified atom stereocenters. The number of aryl methyl sites for hydroxylation is 1. The van der Waals surface area contributed by atoms with Crippen molar-refractivity contribution in [3.05, 3.63) is 55.4 Å². The van der Waals surface area contributed by atoms with Gasteiger partial charge in [-0.1, -0.05) is 23.2 Å². The summed E-state index contributed by atoms with van der Waals surface area (Å²) >= 11 is 19.4. The van der Waals surface area contributed by atoms with Crippen LogP contribution in [0.4, 0.5) is 4.39 Å². The highest BCUT2D eigenvalue weighted by Gasteiger charge is 2.18. The molecule has 0 spiro atoms. The van der Waals surface area contributed by atoms with Crippen molar-refractivity contribution in [2.24, 2.45) is 0 Å². The average molecular weight is 310 g/mol. The van der Waals surface area contributed by atoms with Crippen molar-refractivity contribution in [2.45, 2.75) is 12.3 Å². The molecule has 0 aliphatic rings. The molecule has 17 heavy (non-hydrogen) atoms. The van der Waals surface area contributed by atoms with Gasteiger partial charge in [-0.3, -0.25) is 0 Å². The van der Waals surface area contributed by atoms with E-state index in [1.54, 1.807) is 0 Å². The SMILES string of the molecule is Cc1cc(C(Cl)c2cc(Cl)ccc2F)sc1Cl. The molecule has 0 bridgehead atoms. The van der Waals surface area contributed by atoms with Gasteiger partial charge < -0.3 is 0 Å². The number of alkyl halides is 1. The average Bonchev–Trinajstić information content (AvgIpc) is 2.62. The van der Waals surface area contributed by atoms with Crippen molar-refractivity contribution in [2.75, 3.05) is 0 Å². The molecule has 0 radical (unpaired) electrons. The number of hydrogen-bond acceptors (Lipinski definition) is 1. The van der Waals surface area contributed by atoms with Gasteiger partial charge in [-0.25, -0.2) is 4.39 Å². The van der Waals surface area contributed by atoms with Crippen molar-refractivity contribution in [1.29, 1.82) is 0 Å². The summed E-state index contributed by atoms with van der Waals surface area (Å²) in [6.07, 6.45) is 0. The van der Waals surface area contributed by atoms with E-state index in [9.17, 15) is 4.39 Å². The minimum absolute atomic E-state index is 0.364. The van der Waals surface area contributed by atoms with Crippen LogP contribution in [0.3, 0.4) is 0 Å². The van der Waals surface area contributed by atoms with E-state index in [-0.39, 0.29) is 5.82 Å². The molecule has 0 nitrogen and oxygen atoms in total. The molecule has 1 aromatic heterocycles. The van der Waals surface area contributed by atoms with Crippen LogP contribution in [0.25, 0.3) is 0 Å². The summed E-state index contributed by atoms with van der Waals surface area (Å²) in [5.74, 6) is -0.364. The molecule has 0 fully saturated rings. The fourth-order valence-corrected chi connectivity index (χ4v) is 3.23. The number of halogens is 4. The standard InChI is InChI=1S/C12H8Cl3FS/c1-6-4-10(17-12(6)15)11(14)8-5-7(13)2-3-9(8)16/h2-5,11H,1H3. The molecule has 0 aliphatic carbocycles. The summed E-state index contributed by atoms with van der Waals surface area (Å²) in [5, 5.41) is -0.101. The maximum Gasteiger partial charge on any atom is 0.128 e. The molecule has 0 saturated carbocycles. The summed E-state index contributed by atoms with van der Waals surface area (Å²) in [7, 11) is 0. The molecule has 5 heteroatoms. The van der Waals surface area contributed by atoms with Gasteiger partial charge in [0.05, 0.1) is 9.71 Å². The normalized spacial score (nSPS) is 12.8. The van der Waals surface area contributed by atoms with E-state index in [0.717, 1.165) is 10.4 Å². The first-order chi connectivity index (χ1) is 7.99. The molecule has 90 valence electrons. The predicted molar refractivity (Wildman–Crippen MR) is 73.2 cm³/mol. The van der Waals surface area contributed by atoms with Gasteiger partial charge in [-0.05, 0) is 36.8 Å². The molecular formula is C12H8Cl3FS. The van der Waals surface area contributed by atoms with E-state index < -0.39 is 5.38 Å². The Balaban J connectivity index is 2.42. The molecule has 1 aromatic carbocycles. The lowest BCUT2D eigenvalue weighted by atomic mass is 10.1. The Hall–Kier alpha value is -0.280. The van der Waals surface area contributed by atoms with Gasteiger partial charge in [0.2, 0.25) is 0 Å². The smallest absolute Gasteiger partial charge is 0.128 e. The third-order valence-corrected chi connectivity index (χ3v) is 4.81. The molecular weight excluding hydrogens is 302 g/mol. The first-order valence-corrected chi connectivity index (χ1v) is 6.85. The van der Waals surface area contributed by atoms with Gasteiger partial charge in [0.15, 0.2) is 0 Å². The maximum atomic E-state index is 13.6. The number of benzene rings is 1. The van der Waals surface area contributed by atoms with E-state index >= 15 is 0 Å². The van der Waals surface area contributed by atoms with E-state index in [1.807, 2.05) is 13.0 Å². The molecule has 0 N–H and O–H groups in total. The number of thiophene rings is 1. The van der Waals surface area contributed by atoms with Crippen LogP contribution in [-0.4, -0.2) is 0 Å². The van der Waals surface area contributed by atoms with Crippen molar-refractivity contribution >= 4 is 46.1 Å². The van der Waals surface area contributed by atoms with Crippen LogP contribution in [0.1, 0.15) is 21.4 Å². The van der Waals surface area contributed by atoms with E-state index in [1.165, 1.54) is 29.5 Å². The summed E-state index contributed by atoms with van der Waals surface area (Å²) in [6.45, 7) is 1.89. The van der Waals surface area contributed by atoms with Gasteiger partial charge >= 0.3 is 0 Å². The third kappa shape index (κ3) is 2.76. The van der Waals surface area contributed by atoms with Crippen LogP contribution in [0.15, 0.2) is 24.3 Å². The second-order valence-electron chi connectivity index (χ2n) is 3.63. The van der Waals surface area contributed by atoms with Crippen molar-refractivity contribution < 1.29 is 4.39 Å². The van der Waals surface area contributed by atoms with Crippen LogP contribution >= 0.6 is 46.1 Å². The Labute approximate surface area is 118 Å². The van der Waals surface area contributed by atoms with Crippen LogP contribution < -0.4 is 0 Å². The first kappa shape index (κ1) is 13.2. The molecule has 2 rings (SSSR count). The summed E-state index contributed by atoms with van der Waals surface area (Å²) < 4.78 is 14.3. The monoisotopic (exact) mass is 308 g/mol. The highest BCUT2D eigenvalue weighted by Crippen LogP contribution is 2.39. The second kappa shape index (κ2) is 5.15. The Bertz CT molecular complexity index is 531. The zero-order valence-corrected chi connectivity index (χ0v) is 11.9. The Morgan fingerprint density at radius 2 is 1.94 bits per heavy atom. The predicted octanol–water partition coefficient (Wildman–Crippen LogP) is 5.83. The summed E-state index contributed by atoms with van der Waals surface area (Å²) in [6, 6.07) is 6.22. The van der Waals surface area contributed by atoms with Gasteiger partial charge in [0.1, 0.15) is 5.82 Å². The fourth-order valence-electron chi connectivity index (χ4n) is 1.47. The van der Waals surface area contributed by atoms with Crippen molar-refractivity contribution in [1.82, 2.24) is 0 Å². The van der Waals surface area contributed by atoms with Crippen LogP contribution in [0.2, 0.25) is 9.36 Å². The van der Waals surface area contributed by atoms with E-state index in [0.29, 0.717) is 14.9 Å². The first-order valence-electron chi connectivity index (χ1n) is 4.84. The minimum atomic E-state index is -0.565. The molecule has 1 heterocycles. The van der Waals surface area contributed by atoms with Gasteiger partial charge in [-0.2, -0.15) is 0 Å². The highest BCUT2D eigenvalue weighted by atomic mass is 35.5. The molecule has 2 aromatic rings. The number of hydrogen-bond donors (Lipinski definition) is 0. The Morgan fingerprint density at radius 1 is 1.24 bits per heavy atom. The minimum Gasteiger partial charge on any atom is -0.207 e. The third-order valence-electron chi connectivity index (χ3n) is 2.36. The van der Waals surface area contributed by atoms with Gasteiger partial charge in [0.25, 0.3) is 0 Å². The molecule has 0 amide bonds. The Kier molecular flexibility index (Phi) is 3.99. The van der Waals surface area contributed by atoms with Crippen LogP contribution in [-0.2, 0) is 0 Å². The van der Waals surface area contributed by atoms with E-state index in [4.69, 9.17) is 34.8 Å². The van der Waals surface area contributed by atoms with Crippen molar-refractivity contribution in [3.8, 4) is 0 Å². The van der Waals surface area contributed by atoms with E-state index in [2.05, 4.69) is 0 Å². The largest absolute Gasteiger partial charge is 0.207 e. The maximum absolute atomic E-state index is 13.6. The molecule has 0 aliphatic heterocycles.